The Balaban J connectivity index is 1.64. The van der Waals surface area contributed by atoms with E-state index in [2.05, 4.69) is 5.32 Å². The molecule has 2 aromatic rings. The number of nitrogens with one attached hydrogen (secondary N) is 1. The maximum atomic E-state index is 13.3. The van der Waals surface area contributed by atoms with Gasteiger partial charge < -0.3 is 15.6 Å². The lowest BCUT2D eigenvalue weighted by atomic mass is 9.97. The van der Waals surface area contributed by atoms with Gasteiger partial charge in [-0.25, -0.2) is 17.2 Å². The Kier molecular flexibility index (Phi) is 5.71. The molecule has 0 atom stereocenters. The van der Waals surface area contributed by atoms with Crippen molar-refractivity contribution in [3.63, 3.8) is 0 Å². The SMILES string of the molecule is Cn1cc(S(=O)(=O)N2CCC(C(=O)Nc3ccc(F)c(F)c3)CC2)cc1C(N)=O. The number of sulfonamides is 1. The number of aromatic nitrogens is 1. The highest BCUT2D eigenvalue weighted by Crippen LogP contribution is 2.26. The summed E-state index contributed by atoms with van der Waals surface area (Å²) in [7, 11) is -2.31. The first-order valence-electron chi connectivity index (χ1n) is 8.82. The number of carbonyl (C=O) groups excluding carboxylic acids is 2. The molecule has 2 heterocycles. The van der Waals surface area contributed by atoms with Crippen LogP contribution in [0.5, 0.6) is 0 Å². The summed E-state index contributed by atoms with van der Waals surface area (Å²) >= 11 is 0. The fourth-order valence-electron chi connectivity index (χ4n) is 3.25. The van der Waals surface area contributed by atoms with Crippen molar-refractivity contribution < 1.29 is 26.8 Å². The summed E-state index contributed by atoms with van der Waals surface area (Å²) in [6.45, 7) is 0.220. The van der Waals surface area contributed by atoms with Crippen LogP contribution in [0.2, 0.25) is 0 Å². The molecule has 1 fully saturated rings. The Labute approximate surface area is 166 Å². The quantitative estimate of drug-likeness (QED) is 0.753. The van der Waals surface area contributed by atoms with Crippen LogP contribution in [0.1, 0.15) is 23.3 Å². The van der Waals surface area contributed by atoms with Crippen LogP contribution in [0.15, 0.2) is 35.4 Å². The van der Waals surface area contributed by atoms with E-state index in [-0.39, 0.29) is 48.1 Å². The van der Waals surface area contributed by atoms with Crippen LogP contribution < -0.4 is 11.1 Å². The summed E-state index contributed by atoms with van der Waals surface area (Å²) < 4.78 is 54.4. The van der Waals surface area contributed by atoms with E-state index in [0.29, 0.717) is 0 Å². The molecule has 1 aliphatic rings. The number of carbonyl (C=O) groups is 2. The van der Waals surface area contributed by atoms with Gasteiger partial charge in [0.1, 0.15) is 10.6 Å². The second-order valence-corrected chi connectivity index (χ2v) is 8.77. The number of rotatable bonds is 5. The van der Waals surface area contributed by atoms with E-state index in [9.17, 15) is 26.8 Å². The molecule has 29 heavy (non-hydrogen) atoms. The van der Waals surface area contributed by atoms with Gasteiger partial charge in [-0.1, -0.05) is 0 Å². The van der Waals surface area contributed by atoms with Crippen molar-refractivity contribution >= 4 is 27.5 Å². The minimum absolute atomic E-state index is 0.0431. The molecule has 156 valence electrons. The number of hydrogen-bond donors (Lipinski definition) is 2. The Morgan fingerprint density at radius 2 is 1.79 bits per heavy atom. The monoisotopic (exact) mass is 426 g/mol. The molecule has 8 nitrogen and oxygen atoms in total. The van der Waals surface area contributed by atoms with Crippen LogP contribution in [-0.2, 0) is 21.9 Å². The number of amides is 2. The van der Waals surface area contributed by atoms with Crippen molar-refractivity contribution in [2.75, 3.05) is 18.4 Å². The number of nitrogens with zero attached hydrogens (tertiary/aromatic N) is 2. The van der Waals surface area contributed by atoms with E-state index in [1.54, 1.807) is 0 Å². The highest BCUT2D eigenvalue weighted by molar-refractivity contribution is 7.89. The smallest absolute Gasteiger partial charge is 0.265 e. The van der Waals surface area contributed by atoms with Gasteiger partial charge in [0.25, 0.3) is 5.91 Å². The summed E-state index contributed by atoms with van der Waals surface area (Å²) in [6.07, 6.45) is 1.85. The first-order chi connectivity index (χ1) is 13.6. The van der Waals surface area contributed by atoms with Gasteiger partial charge in [-0.2, -0.15) is 4.31 Å². The Bertz CT molecular complexity index is 1060. The normalized spacial score (nSPS) is 16.0. The maximum absolute atomic E-state index is 13.3. The molecule has 3 N–H and O–H groups in total. The molecule has 11 heteroatoms. The standard InChI is InChI=1S/C18H20F2N4O4S/c1-23-10-13(9-16(23)17(21)25)29(27,28)24-6-4-11(5-7-24)18(26)22-12-2-3-14(19)15(20)8-12/h2-3,8-11H,4-7H2,1H3,(H2,21,25)(H,22,26). The molecule has 1 aromatic heterocycles. The largest absolute Gasteiger partial charge is 0.364 e. The van der Waals surface area contributed by atoms with Crippen molar-refractivity contribution in [3.8, 4) is 0 Å². The third-order valence-electron chi connectivity index (χ3n) is 4.88. The van der Waals surface area contributed by atoms with E-state index in [4.69, 9.17) is 5.73 Å². The van der Waals surface area contributed by atoms with Crippen LogP contribution in [-0.4, -0.2) is 42.2 Å². The summed E-state index contributed by atoms with van der Waals surface area (Å²) in [4.78, 5) is 23.7. The number of hydrogen-bond acceptors (Lipinski definition) is 4. The molecule has 2 amide bonds. The van der Waals surface area contributed by atoms with Crippen LogP contribution in [0.25, 0.3) is 0 Å². The molecule has 1 aromatic carbocycles. The molecule has 0 unspecified atom stereocenters. The first-order valence-corrected chi connectivity index (χ1v) is 10.3. The molecular weight excluding hydrogens is 406 g/mol. The zero-order chi connectivity index (χ0) is 21.3. The van der Waals surface area contributed by atoms with Crippen LogP contribution in [0, 0.1) is 17.6 Å². The Morgan fingerprint density at radius 3 is 2.34 bits per heavy atom. The topological polar surface area (TPSA) is 114 Å². The van der Waals surface area contributed by atoms with Gasteiger partial charge in [0.2, 0.25) is 15.9 Å². The molecule has 0 spiro atoms. The lowest BCUT2D eigenvalue weighted by Gasteiger charge is -2.30. The third kappa shape index (κ3) is 4.30. The molecule has 0 bridgehead atoms. The van der Waals surface area contributed by atoms with Crippen LogP contribution in [0.4, 0.5) is 14.5 Å². The number of piperidine rings is 1. The molecule has 0 saturated carbocycles. The van der Waals surface area contributed by atoms with E-state index >= 15 is 0 Å². The summed E-state index contributed by atoms with van der Waals surface area (Å²) in [5.41, 5.74) is 5.43. The Morgan fingerprint density at radius 1 is 1.14 bits per heavy atom. The van der Waals surface area contributed by atoms with Gasteiger partial charge in [-0.3, -0.25) is 9.59 Å². The van der Waals surface area contributed by atoms with Gasteiger partial charge in [-0.05, 0) is 31.0 Å². The molecule has 0 aliphatic carbocycles. The summed E-state index contributed by atoms with van der Waals surface area (Å²) in [5.74, 6) is -3.67. The highest BCUT2D eigenvalue weighted by Gasteiger charge is 2.33. The van der Waals surface area contributed by atoms with Crippen molar-refractivity contribution in [2.45, 2.75) is 17.7 Å². The van der Waals surface area contributed by atoms with Gasteiger partial charge >= 0.3 is 0 Å². The van der Waals surface area contributed by atoms with Gasteiger partial charge in [0.15, 0.2) is 11.6 Å². The van der Waals surface area contributed by atoms with Gasteiger partial charge in [-0.15, -0.1) is 0 Å². The van der Waals surface area contributed by atoms with Crippen LogP contribution >= 0.6 is 0 Å². The zero-order valence-corrected chi connectivity index (χ0v) is 16.4. The zero-order valence-electron chi connectivity index (χ0n) is 15.6. The maximum Gasteiger partial charge on any atom is 0.265 e. The Hall–Kier alpha value is -2.79. The molecule has 1 saturated heterocycles. The van der Waals surface area contributed by atoms with E-state index in [0.717, 1.165) is 12.1 Å². The number of anilines is 1. The summed E-state index contributed by atoms with van der Waals surface area (Å²) in [5, 5.41) is 2.52. The average Bonchev–Trinajstić information content (AvgIpc) is 3.07. The second kappa shape index (κ2) is 7.91. The lowest BCUT2D eigenvalue weighted by Crippen LogP contribution is -2.41. The first kappa shape index (κ1) is 20.9. The average molecular weight is 426 g/mol. The van der Waals surface area contributed by atoms with Crippen molar-refractivity contribution in [2.24, 2.45) is 18.7 Å². The number of benzene rings is 1. The summed E-state index contributed by atoms with van der Waals surface area (Å²) in [6, 6.07) is 4.28. The minimum Gasteiger partial charge on any atom is -0.364 e. The van der Waals surface area contributed by atoms with Crippen molar-refractivity contribution in [1.29, 1.82) is 0 Å². The van der Waals surface area contributed by atoms with E-state index in [1.807, 2.05) is 0 Å². The third-order valence-corrected chi connectivity index (χ3v) is 6.75. The molecule has 3 rings (SSSR count). The van der Waals surface area contributed by atoms with Crippen molar-refractivity contribution in [1.82, 2.24) is 8.87 Å². The fourth-order valence-corrected chi connectivity index (χ4v) is 4.79. The number of primary amides is 1. The molecule has 1 aliphatic heterocycles. The predicted octanol–water partition coefficient (Wildman–Crippen LogP) is 1.44. The number of aryl methyl sites for hydroxylation is 1. The molecule has 0 radical (unpaired) electrons. The number of nitrogens with two attached hydrogens (primary N) is 1. The van der Waals surface area contributed by atoms with E-state index < -0.39 is 33.5 Å². The highest BCUT2D eigenvalue weighted by atomic mass is 32.2. The van der Waals surface area contributed by atoms with Gasteiger partial charge in [0.05, 0.1) is 0 Å². The fraction of sp³-hybridized carbons (Fsp3) is 0.333. The predicted molar refractivity (Wildman–Crippen MR) is 100 cm³/mol. The van der Waals surface area contributed by atoms with E-state index in [1.165, 1.54) is 34.2 Å². The molecular formula is C18H20F2N4O4S. The number of halogens is 2. The lowest BCUT2D eigenvalue weighted by molar-refractivity contribution is -0.120. The second-order valence-electron chi connectivity index (χ2n) is 6.83. The minimum atomic E-state index is -3.83. The van der Waals surface area contributed by atoms with Crippen LogP contribution in [0.3, 0.4) is 0 Å². The van der Waals surface area contributed by atoms with Crippen molar-refractivity contribution in [3.05, 3.63) is 47.8 Å². The van der Waals surface area contributed by atoms with Gasteiger partial charge in [0, 0.05) is 44.0 Å².